The van der Waals surface area contributed by atoms with Gasteiger partial charge in [-0.15, -0.1) is 0 Å². The van der Waals surface area contributed by atoms with E-state index >= 15 is 0 Å². The third-order valence-corrected chi connectivity index (χ3v) is 3.22. The molecule has 0 saturated carbocycles. The molecule has 2 N–H and O–H groups in total. The minimum atomic E-state index is -0.555. The Labute approximate surface area is 102 Å². The van der Waals surface area contributed by atoms with E-state index in [9.17, 15) is 4.79 Å². The van der Waals surface area contributed by atoms with Gasteiger partial charge in [-0.3, -0.25) is 4.79 Å². The van der Waals surface area contributed by atoms with Crippen molar-refractivity contribution in [2.45, 2.75) is 12.8 Å². The number of rotatable bonds is 1. The van der Waals surface area contributed by atoms with Crippen molar-refractivity contribution in [3.8, 4) is 11.3 Å². The predicted octanol–water partition coefficient (Wildman–Crippen LogP) is 2.19. The molecule has 5 heteroatoms. The number of primary amides is 1. The molecule has 0 spiro atoms. The first-order valence-electron chi connectivity index (χ1n) is 5.24. The average Bonchev–Trinajstić information content (AvgIpc) is 2.72. The number of halogens is 1. The maximum absolute atomic E-state index is 11.2. The summed E-state index contributed by atoms with van der Waals surface area (Å²) in [6, 6.07) is 5.63. The van der Waals surface area contributed by atoms with Crippen molar-refractivity contribution in [1.29, 1.82) is 0 Å². The van der Waals surface area contributed by atoms with E-state index in [4.69, 9.17) is 21.9 Å². The zero-order chi connectivity index (χ0) is 12.0. The van der Waals surface area contributed by atoms with Crippen LogP contribution in [0.1, 0.15) is 21.6 Å². The monoisotopic (exact) mass is 248 g/mol. The fourth-order valence-corrected chi connectivity index (χ4v) is 2.36. The molecule has 4 nitrogen and oxygen atoms in total. The minimum absolute atomic E-state index is 0.227. The van der Waals surface area contributed by atoms with Gasteiger partial charge in [-0.2, -0.15) is 0 Å². The molecule has 1 aliphatic carbocycles. The van der Waals surface area contributed by atoms with Gasteiger partial charge in [-0.1, -0.05) is 22.8 Å². The molecule has 1 aliphatic rings. The van der Waals surface area contributed by atoms with Crippen LogP contribution in [-0.2, 0) is 12.8 Å². The van der Waals surface area contributed by atoms with E-state index in [2.05, 4.69) is 5.16 Å². The molecule has 1 amide bonds. The number of carbonyl (C=O) groups excluding carboxylic acids is 1. The molecular weight excluding hydrogens is 240 g/mol. The summed E-state index contributed by atoms with van der Waals surface area (Å²) in [7, 11) is 0. The average molecular weight is 249 g/mol. The van der Waals surface area contributed by atoms with Crippen LogP contribution < -0.4 is 5.73 Å². The highest BCUT2D eigenvalue weighted by Crippen LogP contribution is 2.36. The first-order chi connectivity index (χ1) is 8.16. The number of aryl methyl sites for hydroxylation is 1. The summed E-state index contributed by atoms with van der Waals surface area (Å²) in [6.45, 7) is 0. The molecule has 0 fully saturated rings. The summed E-state index contributed by atoms with van der Waals surface area (Å²) in [6.07, 6.45) is 1.55. The summed E-state index contributed by atoms with van der Waals surface area (Å²) >= 11 is 5.96. The van der Waals surface area contributed by atoms with Crippen LogP contribution in [0, 0.1) is 0 Å². The Hall–Kier alpha value is -1.81. The van der Waals surface area contributed by atoms with Gasteiger partial charge in [0.25, 0.3) is 5.91 Å². The highest BCUT2D eigenvalue weighted by atomic mass is 35.5. The van der Waals surface area contributed by atoms with Gasteiger partial charge in [-0.25, -0.2) is 0 Å². The third-order valence-electron chi connectivity index (χ3n) is 2.98. The molecule has 0 bridgehead atoms. The first-order valence-corrected chi connectivity index (χ1v) is 5.62. The van der Waals surface area contributed by atoms with Gasteiger partial charge < -0.3 is 10.3 Å². The number of carbonyl (C=O) groups is 1. The van der Waals surface area contributed by atoms with Gasteiger partial charge in [-0.05, 0) is 30.5 Å². The summed E-state index contributed by atoms with van der Waals surface area (Å²) in [5.74, 6) is 0.0584. The number of fused-ring (bicyclic) bond motifs is 3. The standard InChI is InChI=1S/C12H9ClN2O2/c13-7-3-1-6-2-4-8-10(12(14)16)15-17-11(8)9(6)5-7/h1,3,5H,2,4H2,(H2,14,16). The van der Waals surface area contributed by atoms with Gasteiger partial charge in [0, 0.05) is 16.1 Å². The number of aromatic nitrogens is 1. The molecule has 17 heavy (non-hydrogen) atoms. The van der Waals surface area contributed by atoms with Crippen molar-refractivity contribution in [3.05, 3.63) is 40.0 Å². The van der Waals surface area contributed by atoms with Crippen LogP contribution in [0.4, 0.5) is 0 Å². The van der Waals surface area contributed by atoms with Crippen LogP contribution in [-0.4, -0.2) is 11.1 Å². The van der Waals surface area contributed by atoms with Gasteiger partial charge in [0.05, 0.1) is 0 Å². The van der Waals surface area contributed by atoms with Crippen molar-refractivity contribution < 1.29 is 9.32 Å². The van der Waals surface area contributed by atoms with E-state index in [-0.39, 0.29) is 5.69 Å². The van der Waals surface area contributed by atoms with Crippen LogP contribution >= 0.6 is 11.6 Å². The van der Waals surface area contributed by atoms with Crippen LogP contribution in [0.15, 0.2) is 22.7 Å². The van der Waals surface area contributed by atoms with E-state index in [1.54, 1.807) is 0 Å². The lowest BCUT2D eigenvalue weighted by Crippen LogP contribution is -2.15. The number of hydrogen-bond acceptors (Lipinski definition) is 3. The zero-order valence-corrected chi connectivity index (χ0v) is 9.62. The van der Waals surface area contributed by atoms with Gasteiger partial charge >= 0.3 is 0 Å². The molecule has 0 saturated heterocycles. The van der Waals surface area contributed by atoms with E-state index in [0.717, 1.165) is 23.1 Å². The van der Waals surface area contributed by atoms with Crippen LogP contribution in [0.5, 0.6) is 0 Å². The molecule has 0 atom stereocenters. The lowest BCUT2D eigenvalue weighted by atomic mass is 9.89. The Kier molecular flexibility index (Phi) is 2.19. The second-order valence-corrected chi connectivity index (χ2v) is 4.44. The SMILES string of the molecule is NC(=O)c1noc2c1CCc1ccc(Cl)cc1-2. The molecule has 0 aliphatic heterocycles. The van der Waals surface area contributed by atoms with Crippen molar-refractivity contribution >= 4 is 17.5 Å². The fraction of sp³-hybridized carbons (Fsp3) is 0.167. The largest absolute Gasteiger partial charge is 0.364 e. The predicted molar refractivity (Wildman–Crippen MR) is 62.9 cm³/mol. The number of nitrogens with zero attached hydrogens (tertiary/aromatic N) is 1. The normalized spacial score (nSPS) is 13.0. The lowest BCUT2D eigenvalue weighted by Gasteiger charge is -2.14. The molecule has 1 aromatic heterocycles. The van der Waals surface area contributed by atoms with Crippen LogP contribution in [0.2, 0.25) is 5.02 Å². The third kappa shape index (κ3) is 1.52. The number of hydrogen-bond donors (Lipinski definition) is 1. The van der Waals surface area contributed by atoms with E-state index < -0.39 is 5.91 Å². The molecule has 0 unspecified atom stereocenters. The smallest absolute Gasteiger partial charge is 0.271 e. The van der Waals surface area contributed by atoms with Crippen molar-refractivity contribution in [2.24, 2.45) is 5.73 Å². The van der Waals surface area contributed by atoms with Crippen molar-refractivity contribution in [1.82, 2.24) is 5.16 Å². The molecule has 1 heterocycles. The Morgan fingerprint density at radius 1 is 1.41 bits per heavy atom. The molecular formula is C12H9ClN2O2. The van der Waals surface area contributed by atoms with Crippen LogP contribution in [0.25, 0.3) is 11.3 Å². The maximum atomic E-state index is 11.2. The number of benzene rings is 1. The molecule has 0 radical (unpaired) electrons. The summed E-state index contributed by atoms with van der Waals surface area (Å²) in [4.78, 5) is 11.2. The Morgan fingerprint density at radius 2 is 2.24 bits per heavy atom. The maximum Gasteiger partial charge on any atom is 0.271 e. The second-order valence-electron chi connectivity index (χ2n) is 4.00. The summed E-state index contributed by atoms with van der Waals surface area (Å²) in [5.41, 5.74) is 8.31. The Balaban J connectivity index is 2.23. The van der Waals surface area contributed by atoms with Gasteiger partial charge in [0.15, 0.2) is 11.5 Å². The highest BCUT2D eigenvalue weighted by Gasteiger charge is 2.26. The minimum Gasteiger partial charge on any atom is -0.364 e. The zero-order valence-electron chi connectivity index (χ0n) is 8.87. The molecule has 86 valence electrons. The van der Waals surface area contributed by atoms with Crippen molar-refractivity contribution in [2.75, 3.05) is 0 Å². The van der Waals surface area contributed by atoms with Crippen molar-refractivity contribution in [3.63, 3.8) is 0 Å². The lowest BCUT2D eigenvalue weighted by molar-refractivity contribution is 0.0991. The summed E-state index contributed by atoms with van der Waals surface area (Å²) < 4.78 is 5.22. The number of nitrogens with two attached hydrogens (primary N) is 1. The fourth-order valence-electron chi connectivity index (χ4n) is 2.18. The molecule has 1 aromatic carbocycles. The topological polar surface area (TPSA) is 69.1 Å². The second kappa shape index (κ2) is 3.60. The Morgan fingerprint density at radius 3 is 3.00 bits per heavy atom. The number of amides is 1. The van der Waals surface area contributed by atoms with Crippen LogP contribution in [0.3, 0.4) is 0 Å². The van der Waals surface area contributed by atoms with E-state index in [1.807, 2.05) is 18.2 Å². The molecule has 3 rings (SSSR count). The highest BCUT2D eigenvalue weighted by molar-refractivity contribution is 6.30. The van der Waals surface area contributed by atoms with Gasteiger partial charge in [0.2, 0.25) is 0 Å². The van der Waals surface area contributed by atoms with E-state index in [1.165, 1.54) is 0 Å². The first kappa shape index (κ1) is 10.4. The van der Waals surface area contributed by atoms with Gasteiger partial charge in [0.1, 0.15) is 0 Å². The molecule has 2 aromatic rings. The van der Waals surface area contributed by atoms with E-state index in [0.29, 0.717) is 17.2 Å². The summed E-state index contributed by atoms with van der Waals surface area (Å²) in [5, 5.41) is 4.37. The quantitative estimate of drug-likeness (QED) is 0.841. The Bertz CT molecular complexity index is 619.